The molecule has 1 atom stereocenters. The van der Waals surface area contributed by atoms with Gasteiger partial charge >= 0.3 is 10.2 Å². The normalized spacial score (nSPS) is 25.1. The monoisotopic (exact) mass is 341 g/mol. The number of rotatable bonds is 2. The van der Waals surface area contributed by atoms with Crippen molar-refractivity contribution in [2.24, 2.45) is 0 Å². The number of nitrogens with one attached hydrogen (secondary N) is 2. The Bertz CT molecular complexity index is 806. The molecule has 3 N–H and O–H groups in total. The summed E-state index contributed by atoms with van der Waals surface area (Å²) in [4.78, 5) is 11.3. The standard InChI is InChI=1S/C14H16FN3O4S/c1-8-4-9(6-16-8)5-10-2-3-11(19)14(13(10)15)18-7-12(20)17-23(18,21)22/h2-3,5,8,16,19H,4,6-7H2,1H3,(H,17,20)/b9-5+/t8-/m1/s1. The number of amides is 1. The van der Waals surface area contributed by atoms with Crippen LogP contribution in [0.5, 0.6) is 5.75 Å². The van der Waals surface area contributed by atoms with Crippen LogP contribution in [0.15, 0.2) is 17.7 Å². The molecule has 1 aromatic carbocycles. The molecule has 2 aliphatic heterocycles. The maximum absolute atomic E-state index is 14.7. The Kier molecular flexibility index (Phi) is 3.77. The molecule has 2 aliphatic rings. The minimum atomic E-state index is -4.19. The van der Waals surface area contributed by atoms with E-state index in [1.165, 1.54) is 12.1 Å². The molecule has 3 rings (SSSR count). The van der Waals surface area contributed by atoms with Gasteiger partial charge in [0.2, 0.25) is 0 Å². The highest BCUT2D eigenvalue weighted by Gasteiger charge is 2.37. The molecule has 7 nitrogen and oxygen atoms in total. The average molecular weight is 341 g/mol. The van der Waals surface area contributed by atoms with Gasteiger partial charge in [-0.05, 0) is 25.5 Å². The average Bonchev–Trinajstić information content (AvgIpc) is 2.96. The molecular formula is C14H16FN3O4S. The largest absolute Gasteiger partial charge is 0.506 e. The highest BCUT2D eigenvalue weighted by atomic mass is 32.2. The zero-order chi connectivity index (χ0) is 16.8. The number of carbonyl (C=O) groups excluding carboxylic acids is 1. The number of aromatic hydroxyl groups is 1. The summed E-state index contributed by atoms with van der Waals surface area (Å²) in [6.45, 7) is 2.07. The van der Waals surface area contributed by atoms with Crippen LogP contribution in [0.25, 0.3) is 6.08 Å². The number of phenols is 1. The number of carbonyl (C=O) groups is 1. The van der Waals surface area contributed by atoms with E-state index in [-0.39, 0.29) is 5.56 Å². The van der Waals surface area contributed by atoms with Gasteiger partial charge in [0.15, 0.2) is 5.82 Å². The predicted octanol–water partition coefficient (Wildman–Crippen LogP) is 0.477. The van der Waals surface area contributed by atoms with Crippen molar-refractivity contribution in [2.45, 2.75) is 19.4 Å². The number of halogens is 1. The van der Waals surface area contributed by atoms with E-state index < -0.39 is 39.9 Å². The van der Waals surface area contributed by atoms with E-state index in [0.717, 1.165) is 12.0 Å². The molecule has 1 amide bonds. The molecule has 2 saturated heterocycles. The molecule has 0 aromatic heterocycles. The Balaban J connectivity index is 2.05. The summed E-state index contributed by atoms with van der Waals surface area (Å²) in [6, 6.07) is 2.89. The van der Waals surface area contributed by atoms with Crippen LogP contribution in [-0.4, -0.2) is 38.6 Å². The van der Waals surface area contributed by atoms with E-state index in [2.05, 4.69) is 5.32 Å². The maximum Gasteiger partial charge on any atom is 0.326 e. The van der Waals surface area contributed by atoms with Gasteiger partial charge in [-0.15, -0.1) is 0 Å². The second kappa shape index (κ2) is 5.50. The minimum Gasteiger partial charge on any atom is -0.506 e. The molecule has 2 fully saturated rings. The van der Waals surface area contributed by atoms with Gasteiger partial charge in [0, 0.05) is 18.2 Å². The van der Waals surface area contributed by atoms with Crippen molar-refractivity contribution in [3.63, 3.8) is 0 Å². The molecular weight excluding hydrogens is 325 g/mol. The summed E-state index contributed by atoms with van der Waals surface area (Å²) in [6.07, 6.45) is 2.39. The molecule has 0 saturated carbocycles. The summed E-state index contributed by atoms with van der Waals surface area (Å²) in [7, 11) is -4.19. The Morgan fingerprint density at radius 3 is 2.74 bits per heavy atom. The Hall–Kier alpha value is -2.13. The van der Waals surface area contributed by atoms with Crippen molar-refractivity contribution >= 4 is 27.9 Å². The number of benzene rings is 1. The molecule has 124 valence electrons. The first-order valence-electron chi connectivity index (χ1n) is 7.05. The van der Waals surface area contributed by atoms with Gasteiger partial charge in [0.05, 0.1) is 0 Å². The van der Waals surface area contributed by atoms with E-state index in [4.69, 9.17) is 0 Å². The number of phenolic OH excluding ortho intramolecular Hbond substituents is 1. The summed E-state index contributed by atoms with van der Waals surface area (Å²) in [5.41, 5.74) is 0.626. The molecule has 0 bridgehead atoms. The first-order chi connectivity index (χ1) is 10.8. The van der Waals surface area contributed by atoms with E-state index in [9.17, 15) is 22.7 Å². The van der Waals surface area contributed by atoms with Gasteiger partial charge in [0.1, 0.15) is 18.0 Å². The van der Waals surface area contributed by atoms with E-state index in [1.54, 1.807) is 10.8 Å². The SMILES string of the molecule is C[C@@H]1C/C(=C\c2ccc(O)c(N3CC(=O)NS3(=O)=O)c2F)CN1. The highest BCUT2D eigenvalue weighted by Crippen LogP contribution is 2.36. The minimum absolute atomic E-state index is 0.165. The van der Waals surface area contributed by atoms with E-state index >= 15 is 0 Å². The summed E-state index contributed by atoms with van der Waals surface area (Å²) >= 11 is 0. The van der Waals surface area contributed by atoms with Crippen LogP contribution >= 0.6 is 0 Å². The second-order valence-electron chi connectivity index (χ2n) is 5.66. The van der Waals surface area contributed by atoms with Gasteiger partial charge in [-0.2, -0.15) is 8.42 Å². The van der Waals surface area contributed by atoms with Gasteiger partial charge in [-0.25, -0.2) is 13.4 Å². The van der Waals surface area contributed by atoms with E-state index in [0.29, 0.717) is 16.9 Å². The molecule has 2 heterocycles. The first-order valence-corrected chi connectivity index (χ1v) is 8.49. The van der Waals surface area contributed by atoms with Crippen LogP contribution in [0.2, 0.25) is 0 Å². The Morgan fingerprint density at radius 1 is 1.43 bits per heavy atom. The third-order valence-electron chi connectivity index (χ3n) is 3.80. The smallest absolute Gasteiger partial charge is 0.326 e. The van der Waals surface area contributed by atoms with E-state index in [1.807, 2.05) is 6.92 Å². The van der Waals surface area contributed by atoms with Crippen LogP contribution in [0, 0.1) is 5.82 Å². The number of hydrogen-bond acceptors (Lipinski definition) is 5. The summed E-state index contributed by atoms with van der Waals surface area (Å²) in [5, 5.41) is 13.1. The third-order valence-corrected chi connectivity index (χ3v) is 5.18. The van der Waals surface area contributed by atoms with Gasteiger partial charge in [-0.1, -0.05) is 11.6 Å². The number of anilines is 1. The van der Waals surface area contributed by atoms with Crippen LogP contribution in [0.1, 0.15) is 18.9 Å². The van der Waals surface area contributed by atoms with Crippen LogP contribution < -0.4 is 14.3 Å². The third kappa shape index (κ3) is 2.89. The lowest BCUT2D eigenvalue weighted by Crippen LogP contribution is -2.30. The maximum atomic E-state index is 14.7. The van der Waals surface area contributed by atoms with Gasteiger partial charge < -0.3 is 10.4 Å². The Labute approximate surface area is 133 Å². The molecule has 9 heteroatoms. The fourth-order valence-electron chi connectivity index (χ4n) is 2.74. The molecule has 0 unspecified atom stereocenters. The lowest BCUT2D eigenvalue weighted by molar-refractivity contribution is -0.117. The number of nitrogens with zero attached hydrogens (tertiary/aromatic N) is 1. The molecule has 0 spiro atoms. The first kappa shape index (κ1) is 15.8. The second-order valence-corrected chi connectivity index (χ2v) is 7.26. The lowest BCUT2D eigenvalue weighted by atomic mass is 10.1. The van der Waals surface area contributed by atoms with Gasteiger partial charge in [0.25, 0.3) is 5.91 Å². The quantitative estimate of drug-likeness (QED) is 0.727. The van der Waals surface area contributed by atoms with Crippen molar-refractivity contribution in [3.8, 4) is 5.75 Å². The highest BCUT2D eigenvalue weighted by molar-refractivity contribution is 7.92. The van der Waals surface area contributed by atoms with Crippen LogP contribution in [0.4, 0.5) is 10.1 Å². The Morgan fingerprint density at radius 2 is 2.17 bits per heavy atom. The lowest BCUT2D eigenvalue weighted by Gasteiger charge is -2.18. The fraction of sp³-hybridized carbons (Fsp3) is 0.357. The zero-order valence-corrected chi connectivity index (χ0v) is 13.2. The van der Waals surface area contributed by atoms with Crippen molar-refractivity contribution in [2.75, 3.05) is 17.4 Å². The van der Waals surface area contributed by atoms with Crippen LogP contribution in [0.3, 0.4) is 0 Å². The van der Waals surface area contributed by atoms with Crippen molar-refractivity contribution in [3.05, 3.63) is 29.1 Å². The summed E-state index contributed by atoms with van der Waals surface area (Å²) < 4.78 is 40.8. The fourth-order valence-corrected chi connectivity index (χ4v) is 3.90. The molecule has 1 aromatic rings. The van der Waals surface area contributed by atoms with Gasteiger partial charge in [-0.3, -0.25) is 4.79 Å². The van der Waals surface area contributed by atoms with Crippen molar-refractivity contribution in [1.82, 2.24) is 10.0 Å². The molecule has 23 heavy (non-hydrogen) atoms. The van der Waals surface area contributed by atoms with Crippen molar-refractivity contribution < 1.29 is 22.7 Å². The topological polar surface area (TPSA) is 98.7 Å². The molecule has 0 aliphatic carbocycles. The molecule has 0 radical (unpaired) electrons. The predicted molar refractivity (Wildman–Crippen MR) is 82.5 cm³/mol. The van der Waals surface area contributed by atoms with Crippen LogP contribution in [-0.2, 0) is 15.0 Å². The summed E-state index contributed by atoms with van der Waals surface area (Å²) in [5.74, 6) is -2.19. The number of hydrogen-bond donors (Lipinski definition) is 3. The zero-order valence-electron chi connectivity index (χ0n) is 12.3. The van der Waals surface area contributed by atoms with Crippen molar-refractivity contribution in [1.29, 1.82) is 0 Å².